The molecule has 2 fully saturated rings. The van der Waals surface area contributed by atoms with Gasteiger partial charge >= 0.3 is 5.97 Å². The highest BCUT2D eigenvalue weighted by molar-refractivity contribution is 5.82. The van der Waals surface area contributed by atoms with Gasteiger partial charge in [0.1, 0.15) is 0 Å². The Morgan fingerprint density at radius 1 is 1.17 bits per heavy atom. The van der Waals surface area contributed by atoms with Crippen molar-refractivity contribution in [2.75, 3.05) is 6.54 Å². The highest BCUT2D eigenvalue weighted by Gasteiger charge is 2.35. The minimum Gasteiger partial charge on any atom is -0.481 e. The van der Waals surface area contributed by atoms with Gasteiger partial charge in [0.05, 0.1) is 12.0 Å². The van der Waals surface area contributed by atoms with Crippen molar-refractivity contribution in [2.24, 2.45) is 5.92 Å². The summed E-state index contributed by atoms with van der Waals surface area (Å²) in [5.41, 5.74) is 1.22. The van der Waals surface area contributed by atoms with Crippen LogP contribution in [-0.4, -0.2) is 40.5 Å². The number of carboxylic acids is 1. The van der Waals surface area contributed by atoms with Gasteiger partial charge in [0.25, 0.3) is 0 Å². The van der Waals surface area contributed by atoms with E-state index in [0.29, 0.717) is 12.8 Å². The Morgan fingerprint density at radius 2 is 1.96 bits per heavy atom. The standard InChI is InChI=1S/C18H24N2O3/c21-17(19-15-9-8-14(11-15)18(22)23)16-7-4-10-20(16)12-13-5-2-1-3-6-13/h1-3,5-6,14-16H,4,7-12H2,(H,19,21)(H,22,23)/t14-,15+,16?/m1/s1. The van der Waals surface area contributed by atoms with Crippen molar-refractivity contribution in [3.05, 3.63) is 35.9 Å². The fourth-order valence-corrected chi connectivity index (χ4v) is 3.76. The number of carboxylic acid groups (broad SMARTS) is 1. The lowest BCUT2D eigenvalue weighted by molar-refractivity contribution is -0.141. The molecule has 2 N–H and O–H groups in total. The summed E-state index contributed by atoms with van der Waals surface area (Å²) in [7, 11) is 0. The van der Waals surface area contributed by atoms with E-state index in [9.17, 15) is 9.59 Å². The average molecular weight is 316 g/mol. The van der Waals surface area contributed by atoms with E-state index in [4.69, 9.17) is 5.11 Å². The Labute approximate surface area is 136 Å². The molecule has 1 amide bonds. The summed E-state index contributed by atoms with van der Waals surface area (Å²) in [4.78, 5) is 25.8. The predicted octanol–water partition coefficient (Wildman–Crippen LogP) is 2.02. The zero-order valence-electron chi connectivity index (χ0n) is 13.3. The van der Waals surface area contributed by atoms with Crippen LogP contribution in [0.5, 0.6) is 0 Å². The molecule has 1 saturated heterocycles. The van der Waals surface area contributed by atoms with Gasteiger partial charge in [-0.2, -0.15) is 0 Å². The molecule has 0 aromatic heterocycles. The molecule has 5 nitrogen and oxygen atoms in total. The molecule has 1 unspecified atom stereocenters. The number of likely N-dealkylation sites (tertiary alicyclic amines) is 1. The number of hydrogen-bond donors (Lipinski definition) is 2. The number of carbonyl (C=O) groups is 2. The minimum atomic E-state index is -0.742. The summed E-state index contributed by atoms with van der Waals surface area (Å²) < 4.78 is 0. The number of carbonyl (C=O) groups excluding carboxylic acids is 1. The van der Waals surface area contributed by atoms with Crippen LogP contribution in [-0.2, 0) is 16.1 Å². The lowest BCUT2D eigenvalue weighted by Gasteiger charge is -2.25. The fourth-order valence-electron chi connectivity index (χ4n) is 3.76. The van der Waals surface area contributed by atoms with Crippen molar-refractivity contribution in [2.45, 2.75) is 50.7 Å². The summed E-state index contributed by atoms with van der Waals surface area (Å²) in [6.07, 6.45) is 3.92. The number of nitrogens with zero attached hydrogens (tertiary/aromatic N) is 1. The Hall–Kier alpha value is -1.88. The van der Waals surface area contributed by atoms with Gasteiger partial charge in [-0.3, -0.25) is 14.5 Å². The van der Waals surface area contributed by atoms with E-state index >= 15 is 0 Å². The first kappa shape index (κ1) is 16.0. The SMILES string of the molecule is O=C(N[C@H]1CC[C@@H](C(=O)O)C1)C1CCCN1Cc1ccccc1. The van der Waals surface area contributed by atoms with E-state index in [0.717, 1.165) is 32.4 Å². The highest BCUT2D eigenvalue weighted by atomic mass is 16.4. The van der Waals surface area contributed by atoms with Crippen molar-refractivity contribution < 1.29 is 14.7 Å². The number of hydrogen-bond acceptors (Lipinski definition) is 3. The predicted molar refractivity (Wildman–Crippen MR) is 86.8 cm³/mol. The molecule has 23 heavy (non-hydrogen) atoms. The Morgan fingerprint density at radius 3 is 2.65 bits per heavy atom. The van der Waals surface area contributed by atoms with Gasteiger partial charge in [0, 0.05) is 12.6 Å². The molecule has 3 atom stereocenters. The maximum atomic E-state index is 12.6. The molecule has 5 heteroatoms. The fraction of sp³-hybridized carbons (Fsp3) is 0.556. The zero-order chi connectivity index (χ0) is 16.2. The number of rotatable bonds is 5. The van der Waals surface area contributed by atoms with Gasteiger partial charge in [-0.15, -0.1) is 0 Å². The van der Waals surface area contributed by atoms with Gasteiger partial charge in [-0.1, -0.05) is 30.3 Å². The van der Waals surface area contributed by atoms with Gasteiger partial charge in [0.2, 0.25) is 5.91 Å². The van der Waals surface area contributed by atoms with Crippen molar-refractivity contribution >= 4 is 11.9 Å². The number of benzene rings is 1. The van der Waals surface area contributed by atoms with Crippen LogP contribution in [0.1, 0.15) is 37.7 Å². The maximum Gasteiger partial charge on any atom is 0.306 e. The third-order valence-corrected chi connectivity index (χ3v) is 5.02. The van der Waals surface area contributed by atoms with Gasteiger partial charge < -0.3 is 10.4 Å². The topological polar surface area (TPSA) is 69.6 Å². The Kier molecular flexibility index (Phi) is 4.96. The van der Waals surface area contributed by atoms with Crippen LogP contribution in [0.25, 0.3) is 0 Å². The summed E-state index contributed by atoms with van der Waals surface area (Å²) >= 11 is 0. The first-order valence-electron chi connectivity index (χ1n) is 8.44. The second kappa shape index (κ2) is 7.13. The molecule has 0 spiro atoms. The van der Waals surface area contributed by atoms with Crippen LogP contribution in [0.2, 0.25) is 0 Å². The van der Waals surface area contributed by atoms with Gasteiger partial charge in [0.15, 0.2) is 0 Å². The second-order valence-electron chi connectivity index (χ2n) is 6.67. The Bertz CT molecular complexity index is 561. The summed E-state index contributed by atoms with van der Waals surface area (Å²) in [6.45, 7) is 1.73. The monoisotopic (exact) mass is 316 g/mol. The molecule has 1 aliphatic carbocycles. The lowest BCUT2D eigenvalue weighted by Crippen LogP contribution is -2.46. The molecule has 124 valence electrons. The van der Waals surface area contributed by atoms with Crippen LogP contribution in [0.3, 0.4) is 0 Å². The average Bonchev–Trinajstić information content (AvgIpc) is 3.17. The van der Waals surface area contributed by atoms with Crippen LogP contribution >= 0.6 is 0 Å². The van der Waals surface area contributed by atoms with E-state index in [1.807, 2.05) is 18.2 Å². The number of aliphatic carboxylic acids is 1. The molecule has 1 heterocycles. The minimum absolute atomic E-state index is 0.0165. The van der Waals surface area contributed by atoms with E-state index in [1.165, 1.54) is 5.56 Å². The van der Waals surface area contributed by atoms with Crippen molar-refractivity contribution in [1.29, 1.82) is 0 Å². The third kappa shape index (κ3) is 3.91. The number of nitrogens with one attached hydrogen (secondary N) is 1. The normalized spacial score (nSPS) is 27.9. The van der Waals surface area contributed by atoms with Crippen molar-refractivity contribution in [3.8, 4) is 0 Å². The van der Waals surface area contributed by atoms with Crippen LogP contribution in [0.15, 0.2) is 30.3 Å². The van der Waals surface area contributed by atoms with Crippen molar-refractivity contribution in [1.82, 2.24) is 10.2 Å². The highest BCUT2D eigenvalue weighted by Crippen LogP contribution is 2.27. The summed E-state index contributed by atoms with van der Waals surface area (Å²) in [5.74, 6) is -0.980. The molecular formula is C18H24N2O3. The van der Waals surface area contributed by atoms with E-state index < -0.39 is 5.97 Å². The molecule has 0 bridgehead atoms. The summed E-state index contributed by atoms with van der Waals surface area (Å²) in [5, 5.41) is 12.1. The molecule has 0 radical (unpaired) electrons. The van der Waals surface area contributed by atoms with E-state index in [-0.39, 0.29) is 23.9 Å². The van der Waals surface area contributed by atoms with Crippen LogP contribution in [0.4, 0.5) is 0 Å². The summed E-state index contributed by atoms with van der Waals surface area (Å²) in [6, 6.07) is 10.1. The van der Waals surface area contributed by atoms with E-state index in [1.54, 1.807) is 0 Å². The quantitative estimate of drug-likeness (QED) is 0.872. The molecule has 1 aliphatic heterocycles. The lowest BCUT2D eigenvalue weighted by atomic mass is 10.1. The molecule has 1 aromatic carbocycles. The smallest absolute Gasteiger partial charge is 0.306 e. The molecule has 1 saturated carbocycles. The first-order valence-corrected chi connectivity index (χ1v) is 8.44. The van der Waals surface area contributed by atoms with Crippen LogP contribution in [0, 0.1) is 5.92 Å². The molecule has 2 aliphatic rings. The van der Waals surface area contributed by atoms with Gasteiger partial charge in [-0.25, -0.2) is 0 Å². The second-order valence-corrected chi connectivity index (χ2v) is 6.67. The Balaban J connectivity index is 1.55. The third-order valence-electron chi connectivity index (χ3n) is 5.02. The van der Waals surface area contributed by atoms with Gasteiger partial charge in [-0.05, 0) is 44.2 Å². The molecule has 3 rings (SSSR count). The maximum absolute atomic E-state index is 12.6. The van der Waals surface area contributed by atoms with Crippen molar-refractivity contribution in [3.63, 3.8) is 0 Å². The van der Waals surface area contributed by atoms with E-state index in [2.05, 4.69) is 22.3 Å². The largest absolute Gasteiger partial charge is 0.481 e. The van der Waals surface area contributed by atoms with Crippen LogP contribution < -0.4 is 5.32 Å². The zero-order valence-corrected chi connectivity index (χ0v) is 13.3. The number of amides is 1. The molecular weight excluding hydrogens is 292 g/mol. The first-order chi connectivity index (χ1) is 11.1. The molecule has 1 aromatic rings.